The molecule has 2 aromatic rings. The van der Waals surface area contributed by atoms with E-state index in [1.807, 2.05) is 0 Å². The largest absolute Gasteiger partial charge is 0.349 e. The van der Waals surface area contributed by atoms with E-state index in [4.69, 9.17) is 11.6 Å². The number of nitrogens with one attached hydrogen (secondary N) is 2. The molecule has 0 aromatic heterocycles. The highest BCUT2D eigenvalue weighted by atomic mass is 35.5. The van der Waals surface area contributed by atoms with Crippen molar-refractivity contribution in [3.63, 3.8) is 0 Å². The van der Waals surface area contributed by atoms with E-state index in [1.165, 1.54) is 36.4 Å². The van der Waals surface area contributed by atoms with Crippen molar-refractivity contribution in [3.8, 4) is 0 Å². The number of carbonyl (C=O) groups is 1. The molecule has 1 saturated carbocycles. The lowest BCUT2D eigenvalue weighted by molar-refractivity contribution is 0.0938. The van der Waals surface area contributed by atoms with E-state index in [9.17, 15) is 17.6 Å². The molecule has 0 unspecified atom stereocenters. The molecule has 2 N–H and O–H groups in total. The number of sulfonamides is 1. The average molecular weight is 397 g/mol. The Balaban J connectivity index is 1.71. The van der Waals surface area contributed by atoms with Crippen LogP contribution in [0.5, 0.6) is 0 Å². The van der Waals surface area contributed by atoms with Crippen LogP contribution in [0.2, 0.25) is 5.02 Å². The van der Waals surface area contributed by atoms with Crippen molar-refractivity contribution < 1.29 is 17.6 Å². The molecule has 0 aliphatic heterocycles. The zero-order valence-electron chi connectivity index (χ0n) is 13.8. The molecular formula is C18H18ClFN2O3S. The van der Waals surface area contributed by atoms with Crippen molar-refractivity contribution in [3.05, 3.63) is 58.9 Å². The van der Waals surface area contributed by atoms with Gasteiger partial charge in [0.1, 0.15) is 5.82 Å². The molecule has 0 spiro atoms. The maximum atomic E-state index is 13.2. The summed E-state index contributed by atoms with van der Waals surface area (Å²) in [4.78, 5) is 12.2. The fourth-order valence-corrected chi connectivity index (χ4v) is 4.13. The predicted molar refractivity (Wildman–Crippen MR) is 98.4 cm³/mol. The third-order valence-electron chi connectivity index (χ3n) is 4.29. The molecule has 2 aromatic carbocycles. The van der Waals surface area contributed by atoms with Crippen molar-refractivity contribution in [1.29, 1.82) is 0 Å². The summed E-state index contributed by atoms with van der Waals surface area (Å²) in [6.45, 7) is 0. The summed E-state index contributed by atoms with van der Waals surface area (Å²) in [7, 11) is -3.87. The van der Waals surface area contributed by atoms with E-state index in [2.05, 4.69) is 10.0 Å². The normalized spacial score (nSPS) is 15.0. The van der Waals surface area contributed by atoms with E-state index in [-0.39, 0.29) is 27.6 Å². The van der Waals surface area contributed by atoms with Crippen LogP contribution in [0.15, 0.2) is 47.4 Å². The van der Waals surface area contributed by atoms with E-state index in [0.717, 1.165) is 31.7 Å². The second kappa shape index (κ2) is 7.63. The van der Waals surface area contributed by atoms with E-state index < -0.39 is 15.8 Å². The summed E-state index contributed by atoms with van der Waals surface area (Å²) >= 11 is 5.66. The second-order valence-corrected chi connectivity index (χ2v) is 8.30. The first-order chi connectivity index (χ1) is 12.3. The molecule has 1 amide bonds. The zero-order valence-corrected chi connectivity index (χ0v) is 15.4. The van der Waals surface area contributed by atoms with Gasteiger partial charge in [-0.3, -0.25) is 9.52 Å². The lowest BCUT2D eigenvalue weighted by Crippen LogP contribution is -2.32. The molecule has 8 heteroatoms. The maximum Gasteiger partial charge on any atom is 0.261 e. The number of anilines is 1. The minimum atomic E-state index is -3.87. The lowest BCUT2D eigenvalue weighted by atomic mass is 10.2. The summed E-state index contributed by atoms with van der Waals surface area (Å²) in [5.41, 5.74) is 0.556. The van der Waals surface area contributed by atoms with Crippen LogP contribution >= 0.6 is 11.6 Å². The topological polar surface area (TPSA) is 75.3 Å². The molecule has 1 aliphatic rings. The first kappa shape index (κ1) is 18.7. The van der Waals surface area contributed by atoms with Crippen LogP contribution in [0.3, 0.4) is 0 Å². The Bertz CT molecular complexity index is 911. The van der Waals surface area contributed by atoms with Gasteiger partial charge < -0.3 is 5.32 Å². The van der Waals surface area contributed by atoms with Crippen molar-refractivity contribution in [2.24, 2.45) is 0 Å². The highest BCUT2D eigenvalue weighted by molar-refractivity contribution is 7.92. The third-order valence-corrected chi connectivity index (χ3v) is 5.98. The summed E-state index contributed by atoms with van der Waals surface area (Å²) in [6.07, 6.45) is 4.17. The first-order valence-electron chi connectivity index (χ1n) is 8.24. The minimum absolute atomic E-state index is 0.00429. The molecule has 5 nitrogen and oxygen atoms in total. The Morgan fingerprint density at radius 2 is 1.73 bits per heavy atom. The van der Waals surface area contributed by atoms with E-state index in [0.29, 0.717) is 5.56 Å². The van der Waals surface area contributed by atoms with E-state index in [1.54, 1.807) is 0 Å². The number of hydrogen-bond acceptors (Lipinski definition) is 3. The van der Waals surface area contributed by atoms with Gasteiger partial charge in [-0.1, -0.05) is 24.4 Å². The molecule has 0 heterocycles. The Morgan fingerprint density at radius 3 is 2.35 bits per heavy atom. The number of rotatable bonds is 5. The third kappa shape index (κ3) is 4.34. The Kier molecular flexibility index (Phi) is 5.48. The van der Waals surface area contributed by atoms with Gasteiger partial charge in [0, 0.05) is 11.6 Å². The van der Waals surface area contributed by atoms with Crippen LogP contribution < -0.4 is 10.0 Å². The summed E-state index contributed by atoms with van der Waals surface area (Å²) < 4.78 is 40.3. The second-order valence-electron chi connectivity index (χ2n) is 6.21. The average Bonchev–Trinajstić information content (AvgIpc) is 3.11. The lowest BCUT2D eigenvalue weighted by Gasteiger charge is -2.12. The van der Waals surface area contributed by atoms with Crippen molar-refractivity contribution in [2.45, 2.75) is 36.6 Å². The van der Waals surface area contributed by atoms with Gasteiger partial charge in [-0.05, 0) is 55.3 Å². The standard InChI is InChI=1S/C18H18ClFN2O3S/c19-16-11-14(7-10-17(16)20)22-26(24,25)15-8-5-12(6-9-15)18(23)21-13-3-1-2-4-13/h5-11,13,22H,1-4H2,(H,21,23). The Morgan fingerprint density at radius 1 is 1.08 bits per heavy atom. The SMILES string of the molecule is O=C(NC1CCCC1)c1ccc(S(=O)(=O)Nc2ccc(F)c(Cl)c2)cc1. The smallest absolute Gasteiger partial charge is 0.261 e. The molecule has 1 aliphatic carbocycles. The van der Waals surface area contributed by atoms with Gasteiger partial charge in [0.15, 0.2) is 0 Å². The predicted octanol–water partition coefficient (Wildman–Crippen LogP) is 3.95. The fourth-order valence-electron chi connectivity index (χ4n) is 2.90. The molecule has 138 valence electrons. The number of carbonyl (C=O) groups excluding carboxylic acids is 1. The van der Waals surface area contributed by atoms with Gasteiger partial charge in [-0.15, -0.1) is 0 Å². The van der Waals surface area contributed by atoms with Gasteiger partial charge >= 0.3 is 0 Å². The first-order valence-corrected chi connectivity index (χ1v) is 10.1. The highest BCUT2D eigenvalue weighted by Crippen LogP contribution is 2.23. The number of benzene rings is 2. The molecule has 26 heavy (non-hydrogen) atoms. The van der Waals surface area contributed by atoms with Crippen molar-refractivity contribution >= 4 is 33.2 Å². The summed E-state index contributed by atoms with van der Waals surface area (Å²) in [5, 5.41) is 2.77. The number of halogens is 2. The van der Waals surface area contributed by atoms with Crippen LogP contribution in [0.1, 0.15) is 36.0 Å². The molecule has 0 saturated heterocycles. The number of amides is 1. The molecule has 0 bridgehead atoms. The highest BCUT2D eigenvalue weighted by Gasteiger charge is 2.19. The Labute approximate surface area is 156 Å². The van der Waals surface area contributed by atoms with Gasteiger partial charge in [0.25, 0.3) is 15.9 Å². The summed E-state index contributed by atoms with van der Waals surface area (Å²) in [6, 6.07) is 9.40. The minimum Gasteiger partial charge on any atom is -0.349 e. The van der Waals surface area contributed by atoms with Gasteiger partial charge in [-0.25, -0.2) is 12.8 Å². The monoisotopic (exact) mass is 396 g/mol. The summed E-state index contributed by atoms with van der Waals surface area (Å²) in [5.74, 6) is -0.841. The van der Waals surface area contributed by atoms with Gasteiger partial charge in [0.2, 0.25) is 0 Å². The maximum absolute atomic E-state index is 13.2. The van der Waals surface area contributed by atoms with Crippen LogP contribution in [-0.4, -0.2) is 20.4 Å². The van der Waals surface area contributed by atoms with Crippen LogP contribution in [0, 0.1) is 5.82 Å². The fraction of sp³-hybridized carbons (Fsp3) is 0.278. The molecule has 1 fully saturated rings. The molecular weight excluding hydrogens is 379 g/mol. The van der Waals surface area contributed by atoms with Gasteiger partial charge in [0.05, 0.1) is 15.6 Å². The molecule has 3 rings (SSSR count). The Hall–Kier alpha value is -2.12. The van der Waals surface area contributed by atoms with E-state index >= 15 is 0 Å². The molecule has 0 atom stereocenters. The van der Waals surface area contributed by atoms with Crippen LogP contribution in [0.4, 0.5) is 10.1 Å². The number of hydrogen-bond donors (Lipinski definition) is 2. The van der Waals surface area contributed by atoms with Crippen LogP contribution in [0.25, 0.3) is 0 Å². The zero-order chi connectivity index (χ0) is 18.7. The molecule has 0 radical (unpaired) electrons. The van der Waals surface area contributed by atoms with Crippen molar-refractivity contribution in [2.75, 3.05) is 4.72 Å². The van der Waals surface area contributed by atoms with Gasteiger partial charge in [-0.2, -0.15) is 0 Å². The van der Waals surface area contributed by atoms with Crippen LogP contribution in [-0.2, 0) is 10.0 Å². The van der Waals surface area contributed by atoms with Crippen molar-refractivity contribution in [1.82, 2.24) is 5.32 Å². The quantitative estimate of drug-likeness (QED) is 0.803.